The van der Waals surface area contributed by atoms with Gasteiger partial charge in [-0.2, -0.15) is 0 Å². The topological polar surface area (TPSA) is 67.6 Å². The second kappa shape index (κ2) is 9.88. The van der Waals surface area contributed by atoms with E-state index in [1.54, 1.807) is 0 Å². The molecule has 1 amide bonds. The van der Waals surface area contributed by atoms with Gasteiger partial charge in [-0.05, 0) is 29.5 Å². The molecule has 3 aromatic rings. The maximum Gasteiger partial charge on any atom is 0.248 e. The van der Waals surface area contributed by atoms with Crippen molar-refractivity contribution in [3.05, 3.63) is 108 Å². The molecule has 3 N–H and O–H groups in total. The number of amides is 1. The number of nitrogens with two attached hydrogens (primary N) is 1. The van der Waals surface area contributed by atoms with Gasteiger partial charge in [0.05, 0.1) is 5.54 Å². The second-order valence-electron chi connectivity index (χ2n) is 7.95. The van der Waals surface area contributed by atoms with Gasteiger partial charge in [-0.1, -0.05) is 91.0 Å². The van der Waals surface area contributed by atoms with Crippen LogP contribution in [0.5, 0.6) is 0 Å². The first-order valence-electron chi connectivity index (χ1n) is 10.8. The van der Waals surface area contributed by atoms with Crippen LogP contribution >= 0.6 is 0 Å². The van der Waals surface area contributed by atoms with Crippen molar-refractivity contribution in [1.29, 1.82) is 0 Å². The first-order chi connectivity index (χ1) is 15.2. The van der Waals surface area contributed by atoms with E-state index in [-0.39, 0.29) is 18.6 Å². The number of piperidine rings is 1. The summed E-state index contributed by atoms with van der Waals surface area (Å²) in [6.07, 6.45) is 1.73. The van der Waals surface area contributed by atoms with Gasteiger partial charge < -0.3 is 5.32 Å². The fourth-order valence-electron chi connectivity index (χ4n) is 4.79. The fourth-order valence-corrected chi connectivity index (χ4v) is 4.79. The summed E-state index contributed by atoms with van der Waals surface area (Å²) in [5.41, 5.74) is 3.32. The van der Waals surface area contributed by atoms with Gasteiger partial charge in [0.2, 0.25) is 5.91 Å². The van der Waals surface area contributed by atoms with E-state index in [0.717, 1.165) is 25.9 Å². The van der Waals surface area contributed by atoms with Gasteiger partial charge in [-0.3, -0.25) is 14.5 Å². The molecule has 0 atom stereocenters. The number of nitrogens with one attached hydrogen (secondary N) is 1. The molecular formula is C26H29N3O2. The number of rotatable bonds is 7. The Bertz CT molecular complexity index is 859. The molecule has 1 heterocycles. The van der Waals surface area contributed by atoms with E-state index in [9.17, 15) is 4.79 Å². The molecule has 31 heavy (non-hydrogen) atoms. The summed E-state index contributed by atoms with van der Waals surface area (Å²) in [6, 6.07) is 32.2. The van der Waals surface area contributed by atoms with Crippen LogP contribution in [0.25, 0.3) is 0 Å². The number of benzene rings is 3. The Hall–Kier alpha value is -2.99. The quantitative estimate of drug-likeness (QED) is 0.458. The Morgan fingerprint density at radius 2 is 1.26 bits per heavy atom. The maximum atomic E-state index is 11.9. The van der Waals surface area contributed by atoms with Crippen molar-refractivity contribution < 1.29 is 9.63 Å². The lowest BCUT2D eigenvalue weighted by Crippen LogP contribution is -2.54. The van der Waals surface area contributed by atoms with E-state index < -0.39 is 5.54 Å². The summed E-state index contributed by atoms with van der Waals surface area (Å²) >= 11 is 0. The van der Waals surface area contributed by atoms with E-state index >= 15 is 0 Å². The molecule has 1 aliphatic rings. The number of hydrogen-bond acceptors (Lipinski definition) is 4. The predicted molar refractivity (Wildman–Crippen MR) is 122 cm³/mol. The fraction of sp³-hybridized carbons (Fsp3) is 0.269. The SMILES string of the molecule is NOCC(=O)NC1CCN(C(c2ccccc2)(c2ccccc2)c2ccccc2)CC1. The molecule has 4 rings (SSSR count). The number of carbonyl (C=O) groups is 1. The zero-order valence-electron chi connectivity index (χ0n) is 17.6. The molecule has 0 spiro atoms. The number of hydrogen-bond donors (Lipinski definition) is 2. The average Bonchev–Trinajstić information content (AvgIpc) is 2.83. The van der Waals surface area contributed by atoms with E-state index in [4.69, 9.17) is 5.90 Å². The van der Waals surface area contributed by atoms with E-state index in [0.29, 0.717) is 0 Å². The molecule has 160 valence electrons. The first-order valence-corrected chi connectivity index (χ1v) is 10.8. The van der Waals surface area contributed by atoms with Crippen molar-refractivity contribution in [2.45, 2.75) is 24.4 Å². The number of likely N-dealkylation sites (tertiary alicyclic amines) is 1. The highest BCUT2D eigenvalue weighted by Crippen LogP contribution is 2.43. The van der Waals surface area contributed by atoms with Crippen molar-refractivity contribution in [1.82, 2.24) is 10.2 Å². The Balaban J connectivity index is 1.74. The van der Waals surface area contributed by atoms with Crippen LogP contribution in [0.4, 0.5) is 0 Å². The molecule has 5 nitrogen and oxygen atoms in total. The molecule has 1 aliphatic heterocycles. The minimum Gasteiger partial charge on any atom is -0.351 e. The maximum absolute atomic E-state index is 11.9. The number of carbonyl (C=O) groups excluding carboxylic acids is 1. The van der Waals surface area contributed by atoms with Crippen molar-refractivity contribution in [3.63, 3.8) is 0 Å². The van der Waals surface area contributed by atoms with Crippen molar-refractivity contribution in [2.75, 3.05) is 19.7 Å². The summed E-state index contributed by atoms with van der Waals surface area (Å²) in [5.74, 6) is 4.87. The van der Waals surface area contributed by atoms with Crippen LogP contribution in [0.15, 0.2) is 91.0 Å². The third kappa shape index (κ3) is 4.39. The van der Waals surface area contributed by atoms with Crippen molar-refractivity contribution in [3.8, 4) is 0 Å². The highest BCUT2D eigenvalue weighted by Gasteiger charge is 2.43. The van der Waals surface area contributed by atoms with E-state index in [1.165, 1.54) is 16.7 Å². The van der Waals surface area contributed by atoms with Crippen molar-refractivity contribution in [2.24, 2.45) is 5.90 Å². The zero-order valence-corrected chi connectivity index (χ0v) is 17.6. The van der Waals surface area contributed by atoms with Crippen LogP contribution in [-0.2, 0) is 15.2 Å². The van der Waals surface area contributed by atoms with Crippen molar-refractivity contribution >= 4 is 5.91 Å². The van der Waals surface area contributed by atoms with Gasteiger partial charge in [0.1, 0.15) is 6.61 Å². The van der Waals surface area contributed by atoms with Crippen LogP contribution in [-0.4, -0.2) is 36.5 Å². The monoisotopic (exact) mass is 415 g/mol. The lowest BCUT2D eigenvalue weighted by atomic mass is 9.74. The molecule has 0 aliphatic carbocycles. The van der Waals surface area contributed by atoms with Gasteiger partial charge in [-0.15, -0.1) is 0 Å². The Morgan fingerprint density at radius 3 is 1.65 bits per heavy atom. The smallest absolute Gasteiger partial charge is 0.248 e. The molecule has 5 heteroatoms. The molecule has 0 saturated carbocycles. The molecule has 0 radical (unpaired) electrons. The zero-order chi connectivity index (χ0) is 21.5. The van der Waals surface area contributed by atoms with Crippen LogP contribution < -0.4 is 11.2 Å². The van der Waals surface area contributed by atoms with Gasteiger partial charge >= 0.3 is 0 Å². The average molecular weight is 416 g/mol. The molecule has 1 fully saturated rings. The minimum atomic E-state index is -0.404. The summed E-state index contributed by atoms with van der Waals surface area (Å²) < 4.78 is 0. The largest absolute Gasteiger partial charge is 0.351 e. The lowest BCUT2D eigenvalue weighted by Gasteiger charge is -2.48. The molecule has 1 saturated heterocycles. The lowest BCUT2D eigenvalue weighted by molar-refractivity contribution is -0.126. The Morgan fingerprint density at radius 1 is 0.839 bits per heavy atom. The van der Waals surface area contributed by atoms with Crippen LogP contribution in [0.3, 0.4) is 0 Å². The highest BCUT2D eigenvalue weighted by atomic mass is 16.6. The normalized spacial score (nSPS) is 15.5. The van der Waals surface area contributed by atoms with E-state index in [1.807, 2.05) is 0 Å². The predicted octanol–water partition coefficient (Wildman–Crippen LogP) is 3.45. The standard InChI is InChI=1S/C26H29N3O2/c27-31-20-25(30)28-24-16-18-29(19-17-24)26(21-10-4-1-5-11-21,22-12-6-2-7-13-22)23-14-8-3-9-15-23/h1-15,24H,16-20,27H2,(H,28,30). The summed E-state index contributed by atoms with van der Waals surface area (Å²) in [6.45, 7) is 1.60. The third-order valence-corrected chi connectivity index (χ3v) is 6.12. The second-order valence-corrected chi connectivity index (χ2v) is 7.95. The highest BCUT2D eigenvalue weighted by molar-refractivity contribution is 5.77. The molecular weight excluding hydrogens is 386 g/mol. The summed E-state index contributed by atoms with van der Waals surface area (Å²) in [7, 11) is 0. The molecule has 0 unspecified atom stereocenters. The van der Waals surface area contributed by atoms with Gasteiger partial charge in [0, 0.05) is 19.1 Å². The van der Waals surface area contributed by atoms with Crippen LogP contribution in [0.1, 0.15) is 29.5 Å². The molecule has 0 bridgehead atoms. The van der Waals surface area contributed by atoms with E-state index in [2.05, 4.69) is 106 Å². The first kappa shape index (κ1) is 21.2. The van der Waals surface area contributed by atoms with Gasteiger partial charge in [0.25, 0.3) is 0 Å². The molecule has 3 aromatic carbocycles. The summed E-state index contributed by atoms with van der Waals surface area (Å²) in [5, 5.41) is 3.04. The van der Waals surface area contributed by atoms with Crippen LogP contribution in [0, 0.1) is 0 Å². The van der Waals surface area contributed by atoms with Crippen LogP contribution in [0.2, 0.25) is 0 Å². The molecule has 0 aromatic heterocycles. The Labute approximate surface area is 183 Å². The Kier molecular flexibility index (Phi) is 6.77. The third-order valence-electron chi connectivity index (χ3n) is 6.12. The van der Waals surface area contributed by atoms with Gasteiger partial charge in [0.15, 0.2) is 0 Å². The number of nitrogens with zero attached hydrogens (tertiary/aromatic N) is 1. The summed E-state index contributed by atoms with van der Waals surface area (Å²) in [4.78, 5) is 18.9. The van der Waals surface area contributed by atoms with Gasteiger partial charge in [-0.25, -0.2) is 5.90 Å². The minimum absolute atomic E-state index is 0.109.